The van der Waals surface area contributed by atoms with Gasteiger partial charge in [-0.1, -0.05) is 17.7 Å². The molecule has 1 aliphatic carbocycles. The minimum absolute atomic E-state index is 0.372. The second-order valence-electron chi connectivity index (χ2n) is 5.38. The Morgan fingerprint density at radius 2 is 2.23 bits per heavy atom. The molecule has 1 fully saturated rings. The van der Waals surface area contributed by atoms with Gasteiger partial charge in [-0.25, -0.2) is 4.79 Å². The first-order valence-corrected chi connectivity index (χ1v) is 7.61. The van der Waals surface area contributed by atoms with Gasteiger partial charge in [0.25, 0.3) is 0 Å². The number of esters is 1. The van der Waals surface area contributed by atoms with E-state index in [0.717, 1.165) is 5.02 Å². The van der Waals surface area contributed by atoms with Crippen LogP contribution in [0.5, 0.6) is 0 Å². The number of carbonyl (C=O) groups is 1. The molecule has 1 N–H and O–H groups in total. The fraction of sp³-hybridized carbons (Fsp3) is 0.294. The number of pyridine rings is 1. The summed E-state index contributed by atoms with van der Waals surface area (Å²) >= 11 is 6.10. The highest BCUT2D eigenvalue weighted by atomic mass is 35.5. The molecule has 2 aromatic rings. The molecule has 0 atom stereocenters. The summed E-state index contributed by atoms with van der Waals surface area (Å²) in [5.41, 5.74) is 3.65. The first-order valence-electron chi connectivity index (χ1n) is 7.23. The van der Waals surface area contributed by atoms with Gasteiger partial charge in [-0.3, -0.25) is 4.98 Å². The first-order chi connectivity index (χ1) is 10.7. The van der Waals surface area contributed by atoms with E-state index in [9.17, 15) is 4.79 Å². The predicted molar refractivity (Wildman–Crippen MR) is 86.3 cm³/mol. The standard InChI is InChI=1S/C17H17ClN2O2/c1-22-17(21)14-6-7-19-10-16(14)20-9-12-4-5-13(18)8-15(12)11-2-3-11/h4-8,10-11,20H,2-3,9H2,1H3. The van der Waals surface area contributed by atoms with Crippen molar-refractivity contribution in [3.63, 3.8) is 0 Å². The Hall–Kier alpha value is -2.07. The average Bonchev–Trinajstić information content (AvgIpc) is 3.38. The van der Waals surface area contributed by atoms with E-state index in [0.29, 0.717) is 23.7 Å². The second-order valence-corrected chi connectivity index (χ2v) is 5.82. The molecule has 5 heteroatoms. The van der Waals surface area contributed by atoms with E-state index in [1.54, 1.807) is 18.5 Å². The number of halogens is 1. The summed E-state index contributed by atoms with van der Waals surface area (Å²) in [5, 5.41) is 4.05. The second kappa shape index (κ2) is 6.36. The molecule has 0 radical (unpaired) electrons. The number of carbonyl (C=O) groups excluding carboxylic acids is 1. The molecule has 22 heavy (non-hydrogen) atoms. The van der Waals surface area contributed by atoms with Gasteiger partial charge in [0, 0.05) is 17.8 Å². The van der Waals surface area contributed by atoms with Crippen LogP contribution in [0.2, 0.25) is 5.02 Å². The van der Waals surface area contributed by atoms with Gasteiger partial charge in [0.05, 0.1) is 24.6 Å². The molecular formula is C17H17ClN2O2. The minimum Gasteiger partial charge on any atom is -0.465 e. The van der Waals surface area contributed by atoms with E-state index < -0.39 is 0 Å². The van der Waals surface area contributed by atoms with E-state index in [4.69, 9.17) is 16.3 Å². The number of benzene rings is 1. The van der Waals surface area contributed by atoms with Crippen LogP contribution in [-0.4, -0.2) is 18.1 Å². The molecule has 114 valence electrons. The first kappa shape index (κ1) is 14.9. The Labute approximate surface area is 134 Å². The number of anilines is 1. The number of nitrogens with zero attached hydrogens (tertiary/aromatic N) is 1. The Bertz CT molecular complexity index is 699. The molecule has 1 heterocycles. The monoisotopic (exact) mass is 316 g/mol. The molecule has 0 spiro atoms. The van der Waals surface area contributed by atoms with Crippen LogP contribution in [0, 0.1) is 0 Å². The lowest BCUT2D eigenvalue weighted by atomic mass is 10.0. The highest BCUT2D eigenvalue weighted by Crippen LogP contribution is 2.42. The van der Waals surface area contributed by atoms with Crippen LogP contribution < -0.4 is 5.32 Å². The number of hydrogen-bond donors (Lipinski definition) is 1. The van der Waals surface area contributed by atoms with E-state index in [2.05, 4.69) is 10.3 Å². The fourth-order valence-corrected chi connectivity index (χ4v) is 2.70. The van der Waals surface area contributed by atoms with Crippen molar-refractivity contribution in [3.8, 4) is 0 Å². The number of rotatable bonds is 5. The van der Waals surface area contributed by atoms with Gasteiger partial charge >= 0.3 is 5.97 Å². The van der Waals surface area contributed by atoms with Crippen molar-refractivity contribution in [1.29, 1.82) is 0 Å². The molecule has 1 aromatic carbocycles. The number of aromatic nitrogens is 1. The van der Waals surface area contributed by atoms with Crippen molar-refractivity contribution in [2.24, 2.45) is 0 Å². The molecule has 0 aliphatic heterocycles. The van der Waals surface area contributed by atoms with Gasteiger partial charge in [-0.2, -0.15) is 0 Å². The summed E-state index contributed by atoms with van der Waals surface area (Å²) in [4.78, 5) is 15.8. The zero-order valence-electron chi connectivity index (χ0n) is 12.3. The fourth-order valence-electron chi connectivity index (χ4n) is 2.51. The Kier molecular flexibility index (Phi) is 4.29. The lowest BCUT2D eigenvalue weighted by Gasteiger charge is -2.13. The molecule has 1 aliphatic rings. The predicted octanol–water partition coefficient (Wildman–Crippen LogP) is 4.01. The van der Waals surface area contributed by atoms with Crippen LogP contribution in [-0.2, 0) is 11.3 Å². The molecule has 4 nitrogen and oxygen atoms in total. The van der Waals surface area contributed by atoms with Crippen molar-refractivity contribution in [2.45, 2.75) is 25.3 Å². The van der Waals surface area contributed by atoms with Crippen molar-refractivity contribution in [2.75, 3.05) is 12.4 Å². The van der Waals surface area contributed by atoms with Crippen LogP contribution >= 0.6 is 11.6 Å². The zero-order chi connectivity index (χ0) is 15.5. The van der Waals surface area contributed by atoms with Gasteiger partial charge in [0.2, 0.25) is 0 Å². The number of nitrogens with one attached hydrogen (secondary N) is 1. The van der Waals surface area contributed by atoms with Gasteiger partial charge in [-0.05, 0) is 48.1 Å². The quantitative estimate of drug-likeness (QED) is 0.847. The van der Waals surface area contributed by atoms with Crippen molar-refractivity contribution >= 4 is 23.3 Å². The maximum Gasteiger partial charge on any atom is 0.340 e. The van der Waals surface area contributed by atoms with Crippen molar-refractivity contribution in [3.05, 3.63) is 58.4 Å². The zero-order valence-corrected chi connectivity index (χ0v) is 13.1. The van der Waals surface area contributed by atoms with Crippen molar-refractivity contribution in [1.82, 2.24) is 4.98 Å². The van der Waals surface area contributed by atoms with Crippen LogP contribution in [0.15, 0.2) is 36.7 Å². The molecule has 0 bridgehead atoms. The summed E-state index contributed by atoms with van der Waals surface area (Å²) in [6.07, 6.45) is 5.65. The van der Waals surface area contributed by atoms with Crippen LogP contribution in [0.4, 0.5) is 5.69 Å². The topological polar surface area (TPSA) is 51.2 Å². The Morgan fingerprint density at radius 1 is 1.41 bits per heavy atom. The smallest absolute Gasteiger partial charge is 0.340 e. The third kappa shape index (κ3) is 3.22. The third-order valence-corrected chi connectivity index (χ3v) is 4.06. The summed E-state index contributed by atoms with van der Waals surface area (Å²) in [6.45, 7) is 0.624. The number of methoxy groups -OCH3 is 1. The molecule has 3 rings (SSSR count). The van der Waals surface area contributed by atoms with E-state index in [1.165, 1.54) is 31.1 Å². The van der Waals surface area contributed by atoms with Crippen LogP contribution in [0.1, 0.15) is 40.2 Å². The molecule has 0 saturated heterocycles. The van der Waals surface area contributed by atoms with Crippen LogP contribution in [0.3, 0.4) is 0 Å². The summed E-state index contributed by atoms with van der Waals surface area (Å²) < 4.78 is 4.79. The summed E-state index contributed by atoms with van der Waals surface area (Å²) in [5.74, 6) is 0.243. The third-order valence-electron chi connectivity index (χ3n) is 3.82. The largest absolute Gasteiger partial charge is 0.465 e. The average molecular weight is 317 g/mol. The normalized spacial score (nSPS) is 13.7. The SMILES string of the molecule is COC(=O)c1ccncc1NCc1ccc(Cl)cc1C1CC1. The number of hydrogen-bond acceptors (Lipinski definition) is 4. The van der Waals surface area contributed by atoms with Gasteiger partial charge < -0.3 is 10.1 Å². The van der Waals surface area contributed by atoms with Crippen LogP contribution in [0.25, 0.3) is 0 Å². The lowest BCUT2D eigenvalue weighted by Crippen LogP contribution is -2.09. The summed E-state index contributed by atoms with van der Waals surface area (Å²) in [6, 6.07) is 7.63. The van der Waals surface area contributed by atoms with E-state index >= 15 is 0 Å². The highest BCUT2D eigenvalue weighted by molar-refractivity contribution is 6.30. The molecular weight excluding hydrogens is 300 g/mol. The van der Waals surface area contributed by atoms with E-state index in [-0.39, 0.29) is 5.97 Å². The Morgan fingerprint density at radius 3 is 2.95 bits per heavy atom. The molecule has 0 unspecified atom stereocenters. The van der Waals surface area contributed by atoms with Gasteiger partial charge in [-0.15, -0.1) is 0 Å². The number of ether oxygens (including phenoxy) is 1. The molecule has 0 amide bonds. The van der Waals surface area contributed by atoms with Gasteiger partial charge in [0.1, 0.15) is 0 Å². The molecule has 1 saturated carbocycles. The van der Waals surface area contributed by atoms with Crippen molar-refractivity contribution < 1.29 is 9.53 Å². The minimum atomic E-state index is -0.372. The summed E-state index contributed by atoms with van der Waals surface area (Å²) in [7, 11) is 1.37. The lowest BCUT2D eigenvalue weighted by molar-refractivity contribution is 0.0601. The highest BCUT2D eigenvalue weighted by Gasteiger charge is 2.26. The van der Waals surface area contributed by atoms with E-state index in [1.807, 2.05) is 18.2 Å². The molecule has 1 aromatic heterocycles. The Balaban J connectivity index is 1.80. The maximum atomic E-state index is 11.8. The van der Waals surface area contributed by atoms with Gasteiger partial charge in [0.15, 0.2) is 0 Å². The maximum absolute atomic E-state index is 11.8.